The lowest BCUT2D eigenvalue weighted by Crippen LogP contribution is -2.26. The van der Waals surface area contributed by atoms with Gasteiger partial charge in [0.05, 0.1) is 17.7 Å². The summed E-state index contributed by atoms with van der Waals surface area (Å²) in [5.41, 5.74) is 32.1. The van der Waals surface area contributed by atoms with Crippen molar-refractivity contribution in [3.05, 3.63) is 256 Å². The van der Waals surface area contributed by atoms with E-state index in [-0.39, 0.29) is 0 Å². The molecule has 9 aromatic carbocycles. The Balaban J connectivity index is 0.986. The smallest absolute Gasteiger partial charge is 0.0743 e. The zero-order valence-corrected chi connectivity index (χ0v) is 33.1. The van der Waals surface area contributed by atoms with Gasteiger partial charge in [-0.2, -0.15) is 0 Å². The summed E-state index contributed by atoms with van der Waals surface area (Å²) in [4.78, 5) is 5.45. The number of aliphatic imine (C=N–C) groups is 1. The van der Waals surface area contributed by atoms with Gasteiger partial charge in [-0.05, 0) is 113 Å². The van der Waals surface area contributed by atoms with E-state index < -0.39 is 5.41 Å². The molecule has 282 valence electrons. The summed E-state index contributed by atoms with van der Waals surface area (Å²) in [6.45, 7) is 0.511. The van der Waals surface area contributed by atoms with E-state index in [0.29, 0.717) is 12.2 Å². The predicted octanol–water partition coefficient (Wildman–Crippen LogP) is 13.6. The molecule has 3 aliphatic carbocycles. The van der Waals surface area contributed by atoms with Gasteiger partial charge in [-0.1, -0.05) is 194 Å². The number of nitrogens with two attached hydrogens (primary N) is 1. The largest absolute Gasteiger partial charge is 0.398 e. The van der Waals surface area contributed by atoms with Crippen LogP contribution in [0, 0.1) is 0 Å². The minimum absolute atomic E-state index is 0.429. The summed E-state index contributed by atoms with van der Waals surface area (Å²) in [5, 5.41) is 0. The van der Waals surface area contributed by atoms with Gasteiger partial charge in [0.1, 0.15) is 0 Å². The van der Waals surface area contributed by atoms with Crippen LogP contribution in [-0.4, -0.2) is 5.71 Å². The molecule has 60 heavy (non-hydrogen) atoms. The predicted molar refractivity (Wildman–Crippen MR) is 248 cm³/mol. The molecule has 12 rings (SSSR count). The van der Waals surface area contributed by atoms with Crippen molar-refractivity contribution in [1.82, 2.24) is 0 Å². The molecule has 2 N–H and O–H groups in total. The first-order valence-corrected chi connectivity index (χ1v) is 20.9. The highest BCUT2D eigenvalue weighted by Gasteiger charge is 2.52. The third-order valence-electron chi connectivity index (χ3n) is 13.2. The molecule has 0 radical (unpaired) electrons. The molecule has 0 aliphatic heterocycles. The number of nitrogen functional groups attached to an aromatic ring is 1. The van der Waals surface area contributed by atoms with Crippen molar-refractivity contribution in [2.45, 2.75) is 18.4 Å². The number of benzene rings is 9. The first-order valence-electron chi connectivity index (χ1n) is 20.9. The number of para-hydroxylation sites is 1. The third-order valence-corrected chi connectivity index (χ3v) is 13.2. The average Bonchev–Trinajstić information content (AvgIpc) is 3.94. The summed E-state index contributed by atoms with van der Waals surface area (Å²) in [6, 6.07) is 75.2. The zero-order valence-electron chi connectivity index (χ0n) is 33.1. The first kappa shape index (κ1) is 34.5. The lowest BCUT2D eigenvalue weighted by Gasteiger charge is -2.31. The Morgan fingerprint density at radius 3 is 1.82 bits per heavy atom. The van der Waals surface area contributed by atoms with Crippen LogP contribution in [0.3, 0.4) is 0 Å². The van der Waals surface area contributed by atoms with Crippen molar-refractivity contribution in [3.8, 4) is 55.6 Å². The van der Waals surface area contributed by atoms with E-state index >= 15 is 0 Å². The van der Waals surface area contributed by atoms with E-state index in [1.807, 2.05) is 18.2 Å². The lowest BCUT2D eigenvalue weighted by atomic mass is 9.70. The molecule has 0 fully saturated rings. The van der Waals surface area contributed by atoms with Gasteiger partial charge in [0.15, 0.2) is 0 Å². The number of hydrogen-bond acceptors (Lipinski definition) is 2. The Labute approximate surface area is 351 Å². The molecule has 0 bridgehead atoms. The Hall–Kier alpha value is -7.55. The van der Waals surface area contributed by atoms with Crippen molar-refractivity contribution in [3.63, 3.8) is 0 Å². The molecule has 0 amide bonds. The number of rotatable bonds is 6. The Morgan fingerprint density at radius 2 is 1.07 bits per heavy atom. The van der Waals surface area contributed by atoms with Gasteiger partial charge < -0.3 is 5.73 Å². The van der Waals surface area contributed by atoms with E-state index in [4.69, 9.17) is 10.7 Å². The van der Waals surface area contributed by atoms with Crippen LogP contribution in [0.5, 0.6) is 0 Å². The number of nitrogens with zero attached hydrogens (tertiary/aromatic N) is 1. The second-order valence-corrected chi connectivity index (χ2v) is 16.3. The van der Waals surface area contributed by atoms with Gasteiger partial charge >= 0.3 is 0 Å². The van der Waals surface area contributed by atoms with Crippen molar-refractivity contribution >= 4 is 11.4 Å². The van der Waals surface area contributed by atoms with Gasteiger partial charge in [0.2, 0.25) is 0 Å². The minimum atomic E-state index is -0.429. The summed E-state index contributed by atoms with van der Waals surface area (Å²) < 4.78 is 0. The van der Waals surface area contributed by atoms with Gasteiger partial charge in [0, 0.05) is 16.8 Å². The SMILES string of the molecule is Nc1ccccc1C(=NCc1ccc2c(c1)C1(c3ccccc3-c3ccccc31)c1ccc3c(c1-2)Cc1ccccc1-3)c1ccc(-c2cccc(-c3ccccc3)c2)cc1. The van der Waals surface area contributed by atoms with Crippen LogP contribution < -0.4 is 5.73 Å². The molecule has 0 atom stereocenters. The average molecular weight is 765 g/mol. The quantitative estimate of drug-likeness (QED) is 0.133. The Bertz CT molecular complexity index is 3160. The van der Waals surface area contributed by atoms with Gasteiger partial charge in [-0.25, -0.2) is 0 Å². The maximum Gasteiger partial charge on any atom is 0.0743 e. The standard InChI is InChI=1S/C58H40N2/c59-55-24-11-8-21-49(55)57(40-28-26-39(27-29-40)42-17-12-16-41(34-42)38-13-2-1-3-14-38)60-36-37-25-30-48-54(33-37)58(51-22-9-6-19-46(51)47-20-7-10-23-52(47)58)53-32-31-45-44-18-5-4-15-43(44)35-50(45)56(48)53/h1-34H,35-36,59H2. The van der Waals surface area contributed by atoms with Crippen molar-refractivity contribution in [2.24, 2.45) is 4.99 Å². The highest BCUT2D eigenvalue weighted by Crippen LogP contribution is 2.64. The summed E-state index contributed by atoms with van der Waals surface area (Å²) in [6.07, 6.45) is 0.943. The molecular weight excluding hydrogens is 725 g/mol. The van der Waals surface area contributed by atoms with E-state index in [0.717, 1.165) is 28.8 Å². The Kier molecular flexibility index (Phi) is 7.77. The zero-order chi connectivity index (χ0) is 39.8. The number of hydrogen-bond donors (Lipinski definition) is 1. The molecule has 2 heteroatoms. The van der Waals surface area contributed by atoms with E-state index in [1.54, 1.807) is 0 Å². The summed E-state index contributed by atoms with van der Waals surface area (Å²) in [7, 11) is 0. The fourth-order valence-corrected chi connectivity index (χ4v) is 10.6. The number of fused-ring (bicyclic) bond motifs is 14. The Morgan fingerprint density at radius 1 is 0.450 bits per heavy atom. The van der Waals surface area contributed by atoms with Gasteiger partial charge in [0.25, 0.3) is 0 Å². The van der Waals surface area contributed by atoms with Gasteiger partial charge in [-0.3, -0.25) is 4.99 Å². The second kappa shape index (κ2) is 13.5. The molecule has 0 saturated heterocycles. The van der Waals surface area contributed by atoms with Crippen LogP contribution in [-0.2, 0) is 18.4 Å². The molecule has 0 unspecified atom stereocenters. The number of anilines is 1. The van der Waals surface area contributed by atoms with E-state index in [9.17, 15) is 0 Å². The highest BCUT2D eigenvalue weighted by atomic mass is 14.7. The van der Waals surface area contributed by atoms with E-state index in [2.05, 4.69) is 188 Å². The van der Waals surface area contributed by atoms with E-state index in [1.165, 1.54) is 89.0 Å². The normalized spacial score (nSPS) is 13.6. The van der Waals surface area contributed by atoms with Crippen LogP contribution in [0.2, 0.25) is 0 Å². The molecule has 0 saturated carbocycles. The first-order chi connectivity index (χ1) is 29.7. The fourth-order valence-electron chi connectivity index (χ4n) is 10.6. The summed E-state index contributed by atoms with van der Waals surface area (Å²) >= 11 is 0. The van der Waals surface area contributed by atoms with Crippen molar-refractivity contribution in [2.75, 3.05) is 5.73 Å². The maximum atomic E-state index is 6.71. The second-order valence-electron chi connectivity index (χ2n) is 16.3. The van der Waals surface area contributed by atoms with Crippen LogP contribution in [0.4, 0.5) is 5.69 Å². The maximum absolute atomic E-state index is 6.71. The van der Waals surface area contributed by atoms with Crippen LogP contribution >= 0.6 is 0 Å². The minimum Gasteiger partial charge on any atom is -0.398 e. The highest BCUT2D eigenvalue weighted by molar-refractivity contribution is 6.16. The van der Waals surface area contributed by atoms with Crippen LogP contribution in [0.1, 0.15) is 50.1 Å². The van der Waals surface area contributed by atoms with Crippen molar-refractivity contribution in [1.29, 1.82) is 0 Å². The monoisotopic (exact) mass is 764 g/mol. The van der Waals surface area contributed by atoms with Crippen molar-refractivity contribution < 1.29 is 0 Å². The third kappa shape index (κ3) is 5.11. The molecule has 2 nitrogen and oxygen atoms in total. The fraction of sp³-hybridized carbons (Fsp3) is 0.0517. The lowest BCUT2D eigenvalue weighted by molar-refractivity contribution is 0.790. The molecule has 1 spiro atoms. The van der Waals surface area contributed by atoms with Crippen LogP contribution in [0.25, 0.3) is 55.6 Å². The van der Waals surface area contributed by atoms with Crippen LogP contribution in [0.15, 0.2) is 211 Å². The molecule has 3 aliphatic rings. The molecule has 0 heterocycles. The molecular formula is C58H40N2. The topological polar surface area (TPSA) is 38.4 Å². The van der Waals surface area contributed by atoms with Gasteiger partial charge in [-0.15, -0.1) is 0 Å². The molecule has 9 aromatic rings. The molecule has 0 aromatic heterocycles. The summed E-state index contributed by atoms with van der Waals surface area (Å²) in [5.74, 6) is 0.